The topological polar surface area (TPSA) is 75.9 Å². The van der Waals surface area contributed by atoms with Crippen LogP contribution in [0.2, 0.25) is 0 Å². The fraction of sp³-hybridized carbons (Fsp3) is 0.286. The summed E-state index contributed by atoms with van der Waals surface area (Å²) in [5.41, 5.74) is 3.40. The Balaban J connectivity index is 1.39. The molecule has 2 N–H and O–H groups in total. The van der Waals surface area contributed by atoms with Crippen LogP contribution >= 0.6 is 0 Å². The number of benzene rings is 1. The highest BCUT2D eigenvalue weighted by atomic mass is 19.1. The van der Waals surface area contributed by atoms with Crippen LogP contribution < -0.4 is 5.32 Å². The molecule has 3 atom stereocenters. The fourth-order valence-electron chi connectivity index (χ4n) is 4.10. The lowest BCUT2D eigenvalue weighted by Crippen LogP contribution is -2.42. The average molecular weight is 377 g/mol. The van der Waals surface area contributed by atoms with E-state index in [0.29, 0.717) is 23.0 Å². The number of nitrogens with one attached hydrogen (secondary N) is 1. The molecule has 2 saturated heterocycles. The maximum Gasteiger partial charge on any atom is 0.137 e. The van der Waals surface area contributed by atoms with Gasteiger partial charge in [0.05, 0.1) is 23.4 Å². The number of halogens is 1. The molecule has 2 bridgehead atoms. The minimum atomic E-state index is -0.958. The summed E-state index contributed by atoms with van der Waals surface area (Å²) in [4.78, 5) is 4.01. The molecule has 28 heavy (non-hydrogen) atoms. The first-order chi connectivity index (χ1) is 13.7. The van der Waals surface area contributed by atoms with Crippen LogP contribution in [0.4, 0.5) is 4.39 Å². The van der Waals surface area contributed by atoms with E-state index in [1.54, 1.807) is 30.7 Å². The number of fused-ring (bicyclic) bond motifs is 2. The summed E-state index contributed by atoms with van der Waals surface area (Å²) in [5, 5.41) is 22.2. The molecular formula is C21H20FN5O. The fourth-order valence-corrected chi connectivity index (χ4v) is 4.10. The lowest BCUT2D eigenvalue weighted by atomic mass is 9.96. The highest BCUT2D eigenvalue weighted by Crippen LogP contribution is 2.34. The summed E-state index contributed by atoms with van der Waals surface area (Å²) in [5.74, 6) is 0.116. The third-order valence-corrected chi connectivity index (χ3v) is 5.54. The number of rotatable bonds is 3. The first kappa shape index (κ1) is 17.1. The van der Waals surface area contributed by atoms with Crippen LogP contribution in [0, 0.1) is 0 Å². The van der Waals surface area contributed by atoms with Crippen LogP contribution in [0.3, 0.4) is 0 Å². The Morgan fingerprint density at radius 1 is 1.18 bits per heavy atom. The van der Waals surface area contributed by atoms with Crippen LogP contribution in [-0.2, 0) is 0 Å². The molecule has 2 fully saturated rings. The van der Waals surface area contributed by atoms with Gasteiger partial charge in [0.15, 0.2) is 0 Å². The standard InChI is InChI=1S/C21H20FN5O/c22-21-13(9-14-1-6-19(21)24-14)10-15-2-5-18(26-25-15)17-4-3-16(11-20(17)28)27-8-7-23-12-27/h2-5,7-8,10-12,14,19,21,24,28H,1,6,9H2/b13-10-/t14?,19?,21-/m0/s1. The number of aromatic hydroxyl groups is 1. The van der Waals surface area contributed by atoms with E-state index < -0.39 is 6.17 Å². The summed E-state index contributed by atoms with van der Waals surface area (Å²) in [6, 6.07) is 9.27. The Bertz CT molecular complexity index is 1020. The molecule has 2 aromatic heterocycles. The van der Waals surface area contributed by atoms with Gasteiger partial charge in [0.1, 0.15) is 11.9 Å². The summed E-state index contributed by atoms with van der Waals surface area (Å²) in [6.07, 6.45) is 8.65. The van der Waals surface area contributed by atoms with Crippen molar-refractivity contribution in [2.75, 3.05) is 0 Å². The lowest BCUT2D eigenvalue weighted by Gasteiger charge is -2.27. The van der Waals surface area contributed by atoms with Crippen molar-refractivity contribution < 1.29 is 9.50 Å². The summed E-state index contributed by atoms with van der Waals surface area (Å²) < 4.78 is 16.4. The molecule has 2 aliphatic rings. The van der Waals surface area contributed by atoms with Gasteiger partial charge in [-0.1, -0.05) is 0 Å². The van der Waals surface area contributed by atoms with E-state index in [0.717, 1.165) is 30.5 Å². The van der Waals surface area contributed by atoms with Gasteiger partial charge in [-0.05, 0) is 55.2 Å². The Kier molecular flexibility index (Phi) is 4.16. The second kappa shape index (κ2) is 6.83. The number of phenolic OH excluding ortho intramolecular Hbond substituents is 1. The molecule has 2 unspecified atom stereocenters. The van der Waals surface area contributed by atoms with Gasteiger partial charge < -0.3 is 15.0 Å². The van der Waals surface area contributed by atoms with Crippen molar-refractivity contribution in [3.63, 3.8) is 0 Å². The number of phenols is 1. The van der Waals surface area contributed by atoms with Crippen LogP contribution in [-0.4, -0.2) is 43.1 Å². The Labute approximate surface area is 161 Å². The SMILES string of the molecule is Oc1cc(-n2ccnc2)ccc1-c1ccc(/C=C2/CC3CCC(N3)[C@H]2F)nn1. The third-order valence-electron chi connectivity index (χ3n) is 5.54. The summed E-state index contributed by atoms with van der Waals surface area (Å²) in [6.45, 7) is 0. The Morgan fingerprint density at radius 3 is 2.86 bits per heavy atom. The lowest BCUT2D eigenvalue weighted by molar-refractivity contribution is 0.270. The number of alkyl halides is 1. The zero-order chi connectivity index (χ0) is 19.1. The molecule has 1 aromatic carbocycles. The first-order valence-electron chi connectivity index (χ1n) is 9.43. The minimum Gasteiger partial charge on any atom is -0.507 e. The van der Waals surface area contributed by atoms with E-state index in [4.69, 9.17) is 0 Å². The number of hydrogen-bond donors (Lipinski definition) is 2. The van der Waals surface area contributed by atoms with Crippen molar-refractivity contribution in [2.45, 2.75) is 37.5 Å². The number of piperidine rings is 1. The predicted octanol–water partition coefficient (Wildman–Crippen LogP) is 3.28. The van der Waals surface area contributed by atoms with Gasteiger partial charge in [-0.2, -0.15) is 5.10 Å². The Morgan fingerprint density at radius 2 is 2.11 bits per heavy atom. The van der Waals surface area contributed by atoms with Gasteiger partial charge in [-0.15, -0.1) is 5.10 Å². The van der Waals surface area contributed by atoms with Crippen molar-refractivity contribution in [3.8, 4) is 22.7 Å². The molecule has 0 spiro atoms. The molecule has 0 aliphatic carbocycles. The second-order valence-electron chi connectivity index (χ2n) is 7.39. The Hall–Kier alpha value is -3.06. The third kappa shape index (κ3) is 3.07. The number of hydrogen-bond acceptors (Lipinski definition) is 5. The number of aromatic nitrogens is 4. The molecular weight excluding hydrogens is 357 g/mol. The van der Waals surface area contributed by atoms with E-state index in [9.17, 15) is 9.50 Å². The van der Waals surface area contributed by atoms with Crippen LogP contribution in [0.5, 0.6) is 5.75 Å². The van der Waals surface area contributed by atoms with Gasteiger partial charge in [0.2, 0.25) is 0 Å². The first-order valence-corrected chi connectivity index (χ1v) is 9.43. The molecule has 0 radical (unpaired) electrons. The zero-order valence-electron chi connectivity index (χ0n) is 15.2. The minimum absolute atomic E-state index is 0.0665. The van der Waals surface area contributed by atoms with Crippen molar-refractivity contribution in [3.05, 3.63) is 60.3 Å². The van der Waals surface area contributed by atoms with Crippen LogP contribution in [0.1, 0.15) is 25.0 Å². The number of imidazole rings is 1. The van der Waals surface area contributed by atoms with Gasteiger partial charge >= 0.3 is 0 Å². The molecule has 142 valence electrons. The van der Waals surface area contributed by atoms with Crippen molar-refractivity contribution in [1.82, 2.24) is 25.1 Å². The van der Waals surface area contributed by atoms with E-state index in [2.05, 4.69) is 20.5 Å². The smallest absolute Gasteiger partial charge is 0.137 e. The van der Waals surface area contributed by atoms with Crippen LogP contribution in [0.25, 0.3) is 23.0 Å². The van der Waals surface area contributed by atoms with E-state index in [1.807, 2.05) is 29.0 Å². The predicted molar refractivity (Wildman–Crippen MR) is 104 cm³/mol. The largest absolute Gasteiger partial charge is 0.507 e. The highest BCUT2D eigenvalue weighted by Gasteiger charge is 2.38. The molecule has 2 aliphatic heterocycles. The van der Waals surface area contributed by atoms with Crippen molar-refractivity contribution in [1.29, 1.82) is 0 Å². The number of nitrogens with zero attached hydrogens (tertiary/aromatic N) is 4. The molecule has 0 saturated carbocycles. The van der Waals surface area contributed by atoms with Gasteiger partial charge in [-0.3, -0.25) is 0 Å². The van der Waals surface area contributed by atoms with E-state index >= 15 is 0 Å². The summed E-state index contributed by atoms with van der Waals surface area (Å²) in [7, 11) is 0. The normalized spacial score (nSPS) is 25.3. The van der Waals surface area contributed by atoms with Crippen molar-refractivity contribution >= 4 is 6.08 Å². The molecule has 7 heteroatoms. The molecule has 0 amide bonds. The van der Waals surface area contributed by atoms with Gasteiger partial charge in [0.25, 0.3) is 0 Å². The quantitative estimate of drug-likeness (QED) is 0.733. The maximum atomic E-state index is 14.6. The zero-order valence-corrected chi connectivity index (χ0v) is 15.2. The molecule has 4 heterocycles. The van der Waals surface area contributed by atoms with Crippen LogP contribution in [0.15, 0.2) is 54.6 Å². The van der Waals surface area contributed by atoms with E-state index in [1.165, 1.54) is 0 Å². The second-order valence-corrected chi connectivity index (χ2v) is 7.39. The summed E-state index contributed by atoms with van der Waals surface area (Å²) >= 11 is 0. The maximum absolute atomic E-state index is 14.6. The van der Waals surface area contributed by atoms with Gasteiger partial charge in [0, 0.05) is 36.1 Å². The van der Waals surface area contributed by atoms with Crippen molar-refractivity contribution in [2.24, 2.45) is 0 Å². The highest BCUT2D eigenvalue weighted by molar-refractivity contribution is 5.69. The average Bonchev–Trinajstić information content (AvgIpc) is 3.37. The van der Waals surface area contributed by atoms with E-state index in [-0.39, 0.29) is 11.8 Å². The molecule has 3 aromatic rings. The monoisotopic (exact) mass is 377 g/mol. The van der Waals surface area contributed by atoms with Gasteiger partial charge in [-0.25, -0.2) is 9.37 Å². The molecule has 5 rings (SSSR count). The molecule has 6 nitrogen and oxygen atoms in total.